The molecule has 0 N–H and O–H groups in total. The molecule has 3 heterocycles. The average Bonchev–Trinajstić information content (AvgIpc) is 3.28. The molecule has 1 unspecified atom stereocenters. The molecule has 1 atom stereocenters. The largest absolute Gasteiger partial charge is 0.465 e. The molecule has 0 fully saturated rings. The summed E-state index contributed by atoms with van der Waals surface area (Å²) in [7, 11) is 0. The molecule has 3 rings (SSSR count). The zero-order valence-electron chi connectivity index (χ0n) is 13.1. The molecule has 124 valence electrons. The van der Waals surface area contributed by atoms with Crippen LogP contribution >= 0.6 is 11.8 Å². The lowest BCUT2D eigenvalue weighted by molar-refractivity contribution is -0.142. The van der Waals surface area contributed by atoms with Gasteiger partial charge in [-0.1, -0.05) is 11.8 Å². The van der Waals surface area contributed by atoms with Gasteiger partial charge in [0, 0.05) is 0 Å². The molecule has 0 aliphatic carbocycles. The quantitative estimate of drug-likeness (QED) is 0.495. The number of aromatic nitrogens is 3. The highest BCUT2D eigenvalue weighted by molar-refractivity contribution is 8.00. The second-order valence-corrected chi connectivity index (χ2v) is 6.07. The molecule has 7 nitrogen and oxygen atoms in total. The van der Waals surface area contributed by atoms with E-state index in [1.54, 1.807) is 50.6 Å². The zero-order valence-corrected chi connectivity index (χ0v) is 13.9. The van der Waals surface area contributed by atoms with E-state index < -0.39 is 5.25 Å². The number of hydrogen-bond donors (Lipinski definition) is 0. The molecule has 0 aromatic carbocycles. The summed E-state index contributed by atoms with van der Waals surface area (Å²) < 4.78 is 15.8. The van der Waals surface area contributed by atoms with Crippen LogP contribution in [0, 0.1) is 0 Å². The van der Waals surface area contributed by atoms with Crippen LogP contribution in [-0.2, 0) is 9.53 Å². The monoisotopic (exact) mass is 345 g/mol. The first-order valence-electron chi connectivity index (χ1n) is 7.34. The molecule has 0 saturated carbocycles. The SMILES string of the molecule is CCOC(=O)C(C)Sc1nnc(-c2ccco2)c(-c2ccco2)n1. The molecule has 24 heavy (non-hydrogen) atoms. The van der Waals surface area contributed by atoms with Gasteiger partial charge in [0.05, 0.1) is 19.1 Å². The smallest absolute Gasteiger partial charge is 0.319 e. The van der Waals surface area contributed by atoms with Crippen LogP contribution in [0.15, 0.2) is 50.8 Å². The Morgan fingerprint density at radius 2 is 1.83 bits per heavy atom. The first kappa shape index (κ1) is 16.3. The van der Waals surface area contributed by atoms with Crippen molar-refractivity contribution in [3.05, 3.63) is 36.8 Å². The Kier molecular flexibility index (Phi) is 4.95. The molecule has 0 radical (unpaired) electrons. The third-order valence-corrected chi connectivity index (χ3v) is 4.01. The van der Waals surface area contributed by atoms with Gasteiger partial charge in [0.1, 0.15) is 10.9 Å². The molecule has 0 aliphatic rings. The van der Waals surface area contributed by atoms with Crippen molar-refractivity contribution in [2.75, 3.05) is 6.61 Å². The van der Waals surface area contributed by atoms with Crippen LogP contribution in [0.25, 0.3) is 22.9 Å². The summed E-state index contributed by atoms with van der Waals surface area (Å²) in [5.74, 6) is 0.763. The van der Waals surface area contributed by atoms with E-state index in [0.29, 0.717) is 34.7 Å². The van der Waals surface area contributed by atoms with E-state index in [1.807, 2.05) is 0 Å². The number of furan rings is 2. The van der Waals surface area contributed by atoms with E-state index in [-0.39, 0.29) is 5.97 Å². The molecule has 0 spiro atoms. The van der Waals surface area contributed by atoms with Crippen molar-refractivity contribution in [2.45, 2.75) is 24.3 Å². The maximum Gasteiger partial charge on any atom is 0.319 e. The van der Waals surface area contributed by atoms with Crippen LogP contribution in [0.1, 0.15) is 13.8 Å². The Morgan fingerprint density at radius 3 is 2.42 bits per heavy atom. The Labute approximate surface area is 142 Å². The summed E-state index contributed by atoms with van der Waals surface area (Å²) in [5.41, 5.74) is 0.978. The van der Waals surface area contributed by atoms with Gasteiger partial charge in [0.25, 0.3) is 0 Å². The van der Waals surface area contributed by atoms with Crippen molar-refractivity contribution in [3.8, 4) is 22.9 Å². The molecule has 3 aromatic heterocycles. The molecule has 0 aliphatic heterocycles. The number of thioether (sulfide) groups is 1. The van der Waals surface area contributed by atoms with Crippen LogP contribution in [0.4, 0.5) is 0 Å². The van der Waals surface area contributed by atoms with Crippen molar-refractivity contribution in [2.24, 2.45) is 0 Å². The van der Waals surface area contributed by atoms with E-state index in [1.165, 1.54) is 11.8 Å². The summed E-state index contributed by atoms with van der Waals surface area (Å²) in [5, 5.41) is 8.20. The van der Waals surface area contributed by atoms with Gasteiger partial charge in [0.2, 0.25) is 5.16 Å². The fourth-order valence-electron chi connectivity index (χ4n) is 1.99. The van der Waals surface area contributed by atoms with Crippen molar-refractivity contribution in [3.63, 3.8) is 0 Å². The molecular formula is C16H15N3O4S. The topological polar surface area (TPSA) is 91.2 Å². The maximum absolute atomic E-state index is 11.8. The lowest BCUT2D eigenvalue weighted by Gasteiger charge is -2.10. The van der Waals surface area contributed by atoms with Gasteiger partial charge in [-0.3, -0.25) is 4.79 Å². The fraction of sp³-hybridized carbons (Fsp3) is 0.250. The predicted molar refractivity (Wildman–Crippen MR) is 87.2 cm³/mol. The number of carbonyl (C=O) groups is 1. The number of rotatable bonds is 6. The van der Waals surface area contributed by atoms with Gasteiger partial charge >= 0.3 is 5.97 Å². The van der Waals surface area contributed by atoms with Crippen molar-refractivity contribution in [1.29, 1.82) is 0 Å². The normalized spacial score (nSPS) is 12.1. The number of carbonyl (C=O) groups excluding carboxylic acids is 1. The molecule has 0 saturated heterocycles. The minimum atomic E-state index is -0.439. The van der Waals surface area contributed by atoms with Crippen LogP contribution in [0.5, 0.6) is 0 Å². The van der Waals surface area contributed by atoms with Gasteiger partial charge in [0.15, 0.2) is 17.2 Å². The average molecular weight is 345 g/mol. The van der Waals surface area contributed by atoms with E-state index in [4.69, 9.17) is 13.6 Å². The predicted octanol–water partition coefficient (Wildman–Crippen LogP) is 3.44. The number of hydrogen-bond acceptors (Lipinski definition) is 8. The number of nitrogens with zero attached hydrogens (tertiary/aromatic N) is 3. The Hall–Kier alpha value is -2.61. The summed E-state index contributed by atoms with van der Waals surface area (Å²) in [6, 6.07) is 7.07. The summed E-state index contributed by atoms with van der Waals surface area (Å²) in [6.45, 7) is 3.83. The maximum atomic E-state index is 11.8. The van der Waals surface area contributed by atoms with Crippen molar-refractivity contribution < 1.29 is 18.4 Å². The molecule has 3 aromatic rings. The fourth-order valence-corrected chi connectivity index (χ4v) is 2.70. The molecule has 8 heteroatoms. The van der Waals surface area contributed by atoms with Gasteiger partial charge < -0.3 is 13.6 Å². The van der Waals surface area contributed by atoms with E-state index in [0.717, 1.165) is 0 Å². The van der Waals surface area contributed by atoms with Gasteiger partial charge in [-0.2, -0.15) is 0 Å². The zero-order chi connectivity index (χ0) is 16.9. The molecule has 0 bridgehead atoms. The van der Waals surface area contributed by atoms with Crippen molar-refractivity contribution in [1.82, 2.24) is 15.2 Å². The van der Waals surface area contributed by atoms with E-state index >= 15 is 0 Å². The standard InChI is InChI=1S/C16H15N3O4S/c1-3-21-15(20)10(2)24-16-17-13(11-6-4-8-22-11)14(18-19-16)12-7-5-9-23-12/h4-10H,3H2,1-2H3. The lowest BCUT2D eigenvalue weighted by Crippen LogP contribution is -2.17. The lowest BCUT2D eigenvalue weighted by atomic mass is 10.2. The Morgan fingerprint density at radius 1 is 1.17 bits per heavy atom. The van der Waals surface area contributed by atoms with E-state index in [2.05, 4.69) is 15.2 Å². The van der Waals surface area contributed by atoms with E-state index in [9.17, 15) is 4.79 Å². The van der Waals surface area contributed by atoms with Gasteiger partial charge in [-0.05, 0) is 38.1 Å². The highest BCUT2D eigenvalue weighted by Gasteiger charge is 2.21. The Balaban J connectivity index is 1.93. The first-order valence-corrected chi connectivity index (χ1v) is 8.22. The van der Waals surface area contributed by atoms with Crippen LogP contribution in [-0.4, -0.2) is 33.0 Å². The second kappa shape index (κ2) is 7.31. The third-order valence-electron chi connectivity index (χ3n) is 3.08. The highest BCUT2D eigenvalue weighted by Crippen LogP contribution is 2.31. The summed E-state index contributed by atoms with van der Waals surface area (Å²) >= 11 is 1.18. The molecule has 0 amide bonds. The summed E-state index contributed by atoms with van der Waals surface area (Å²) in [6.07, 6.45) is 3.10. The van der Waals surface area contributed by atoms with Crippen molar-refractivity contribution >= 4 is 17.7 Å². The summed E-state index contributed by atoms with van der Waals surface area (Å²) in [4.78, 5) is 16.2. The minimum Gasteiger partial charge on any atom is -0.465 e. The van der Waals surface area contributed by atoms with Gasteiger partial charge in [-0.25, -0.2) is 4.98 Å². The number of ether oxygens (including phenoxy) is 1. The first-order chi connectivity index (χ1) is 11.7. The second-order valence-electron chi connectivity index (χ2n) is 4.76. The highest BCUT2D eigenvalue weighted by atomic mass is 32.2. The minimum absolute atomic E-state index is 0.319. The molecular weight excluding hydrogens is 330 g/mol. The van der Waals surface area contributed by atoms with Gasteiger partial charge in [-0.15, -0.1) is 10.2 Å². The van der Waals surface area contributed by atoms with Crippen LogP contribution in [0.2, 0.25) is 0 Å². The van der Waals surface area contributed by atoms with Crippen LogP contribution in [0.3, 0.4) is 0 Å². The number of esters is 1. The third kappa shape index (κ3) is 3.48. The Bertz CT molecular complexity index is 803. The van der Waals surface area contributed by atoms with Crippen LogP contribution < -0.4 is 0 Å².